The molecule has 0 aliphatic heterocycles. The van der Waals surface area contributed by atoms with Crippen molar-refractivity contribution in [1.29, 1.82) is 0 Å². The van der Waals surface area contributed by atoms with Gasteiger partial charge in [-0.15, -0.1) is 0 Å². The van der Waals surface area contributed by atoms with Crippen LogP contribution in [0.5, 0.6) is 11.6 Å². The Bertz CT molecular complexity index is 852. The number of fused-ring (bicyclic) bond motifs is 1. The number of nitro groups is 1. The second-order valence-electron chi connectivity index (χ2n) is 4.00. The highest BCUT2D eigenvalue weighted by Crippen LogP contribution is 2.33. The molecule has 106 valence electrons. The number of nitro benzene ring substituents is 1. The number of rotatable bonds is 3. The van der Waals surface area contributed by atoms with Crippen LogP contribution in [0.25, 0.3) is 5.65 Å². The van der Waals surface area contributed by atoms with Crippen LogP contribution in [0, 0.1) is 10.1 Å². The summed E-state index contributed by atoms with van der Waals surface area (Å²) in [6, 6.07) is 3.94. The summed E-state index contributed by atoms with van der Waals surface area (Å²) in [7, 11) is 0. The topological polar surface area (TPSA) is 82.6 Å². The first-order valence-electron chi connectivity index (χ1n) is 5.65. The zero-order valence-corrected chi connectivity index (χ0v) is 12.6. The monoisotopic (exact) mass is 368 g/mol. The molecule has 0 saturated heterocycles. The molecule has 9 heteroatoms. The van der Waals surface area contributed by atoms with Crippen molar-refractivity contribution in [3.05, 3.63) is 56.5 Å². The highest BCUT2D eigenvalue weighted by atomic mass is 79.9. The van der Waals surface area contributed by atoms with Crippen molar-refractivity contribution in [2.45, 2.75) is 0 Å². The quantitative estimate of drug-likeness (QED) is 0.517. The van der Waals surface area contributed by atoms with Gasteiger partial charge in [-0.05, 0) is 22.0 Å². The molecule has 0 fully saturated rings. The number of hydrogen-bond acceptors (Lipinski definition) is 5. The maximum Gasteiger partial charge on any atom is 0.273 e. The van der Waals surface area contributed by atoms with E-state index in [4.69, 9.17) is 16.3 Å². The Balaban J connectivity index is 2.08. The average Bonchev–Trinajstić information content (AvgIpc) is 2.89. The van der Waals surface area contributed by atoms with E-state index in [-0.39, 0.29) is 22.3 Å². The summed E-state index contributed by atoms with van der Waals surface area (Å²) < 4.78 is 7.83. The molecule has 0 saturated carbocycles. The van der Waals surface area contributed by atoms with Gasteiger partial charge in [0.1, 0.15) is 4.60 Å². The van der Waals surface area contributed by atoms with Crippen molar-refractivity contribution < 1.29 is 9.66 Å². The fourth-order valence-corrected chi connectivity index (χ4v) is 2.27. The number of imidazole rings is 1. The summed E-state index contributed by atoms with van der Waals surface area (Å²) in [6.45, 7) is 0. The molecule has 0 bridgehead atoms. The van der Waals surface area contributed by atoms with E-state index in [1.165, 1.54) is 18.2 Å². The van der Waals surface area contributed by atoms with Crippen LogP contribution < -0.4 is 4.74 Å². The molecule has 0 amide bonds. The molecule has 1 aromatic carbocycles. The van der Waals surface area contributed by atoms with Crippen molar-refractivity contribution in [3.63, 3.8) is 0 Å². The fraction of sp³-hybridized carbons (Fsp3) is 0. The zero-order valence-electron chi connectivity index (χ0n) is 10.2. The van der Waals surface area contributed by atoms with Crippen LogP contribution in [0.4, 0.5) is 5.69 Å². The summed E-state index contributed by atoms with van der Waals surface area (Å²) in [6.07, 6.45) is 5.03. The minimum atomic E-state index is -0.525. The summed E-state index contributed by atoms with van der Waals surface area (Å²) in [4.78, 5) is 18.6. The Labute approximate surface area is 131 Å². The van der Waals surface area contributed by atoms with E-state index in [1.54, 1.807) is 23.0 Å². The van der Waals surface area contributed by atoms with Gasteiger partial charge in [-0.1, -0.05) is 11.6 Å². The maximum atomic E-state index is 10.8. The molecule has 0 spiro atoms. The van der Waals surface area contributed by atoms with Crippen molar-refractivity contribution in [2.75, 3.05) is 0 Å². The van der Waals surface area contributed by atoms with Crippen LogP contribution in [0.2, 0.25) is 5.02 Å². The first-order valence-corrected chi connectivity index (χ1v) is 6.82. The first-order chi connectivity index (χ1) is 10.0. The van der Waals surface area contributed by atoms with E-state index in [0.717, 1.165) is 0 Å². The van der Waals surface area contributed by atoms with Gasteiger partial charge < -0.3 is 4.74 Å². The van der Waals surface area contributed by atoms with Gasteiger partial charge in [0, 0.05) is 24.7 Å². The Morgan fingerprint density at radius 3 is 3.00 bits per heavy atom. The standard InChI is InChI=1S/C12H6BrClN4O3/c13-10-6-17-4-3-15-11(17)12(16-10)21-9-5-7(18(19)20)1-2-8(9)14/h1-6H. The van der Waals surface area contributed by atoms with E-state index in [2.05, 4.69) is 25.9 Å². The van der Waals surface area contributed by atoms with Crippen LogP contribution in [0.3, 0.4) is 0 Å². The van der Waals surface area contributed by atoms with Gasteiger partial charge >= 0.3 is 0 Å². The third kappa shape index (κ3) is 2.67. The van der Waals surface area contributed by atoms with Crippen LogP contribution in [-0.4, -0.2) is 19.3 Å². The van der Waals surface area contributed by atoms with Gasteiger partial charge in [0.2, 0.25) is 5.65 Å². The van der Waals surface area contributed by atoms with E-state index < -0.39 is 4.92 Å². The normalized spacial score (nSPS) is 10.8. The summed E-state index contributed by atoms with van der Waals surface area (Å²) in [5, 5.41) is 11.1. The number of hydrogen-bond donors (Lipinski definition) is 0. The lowest BCUT2D eigenvalue weighted by Gasteiger charge is -2.08. The molecule has 21 heavy (non-hydrogen) atoms. The molecule has 0 aliphatic carbocycles. The van der Waals surface area contributed by atoms with Crippen molar-refractivity contribution >= 4 is 38.9 Å². The summed E-state index contributed by atoms with van der Waals surface area (Å²) in [5.41, 5.74) is 0.351. The Morgan fingerprint density at radius 2 is 2.24 bits per heavy atom. The van der Waals surface area contributed by atoms with E-state index in [0.29, 0.717) is 10.3 Å². The maximum absolute atomic E-state index is 10.8. The van der Waals surface area contributed by atoms with Crippen LogP contribution in [0.1, 0.15) is 0 Å². The Hall–Kier alpha value is -2.19. The molecular weight excluding hydrogens is 364 g/mol. The van der Waals surface area contributed by atoms with Crippen LogP contribution in [0.15, 0.2) is 41.4 Å². The molecule has 2 aromatic heterocycles. The minimum Gasteiger partial charge on any atom is -0.434 e. The molecule has 0 unspecified atom stereocenters. The molecular formula is C12H6BrClN4O3. The van der Waals surface area contributed by atoms with Crippen molar-refractivity contribution in [1.82, 2.24) is 14.4 Å². The van der Waals surface area contributed by atoms with Crippen LogP contribution >= 0.6 is 27.5 Å². The van der Waals surface area contributed by atoms with Gasteiger partial charge in [0.25, 0.3) is 11.6 Å². The van der Waals surface area contributed by atoms with Crippen molar-refractivity contribution in [3.8, 4) is 11.6 Å². The largest absolute Gasteiger partial charge is 0.434 e. The first kappa shape index (κ1) is 13.8. The average molecular weight is 370 g/mol. The molecule has 3 rings (SSSR count). The lowest BCUT2D eigenvalue weighted by Crippen LogP contribution is -1.96. The molecule has 3 aromatic rings. The Morgan fingerprint density at radius 1 is 1.43 bits per heavy atom. The van der Waals surface area contributed by atoms with E-state index >= 15 is 0 Å². The number of benzene rings is 1. The zero-order chi connectivity index (χ0) is 15.0. The van der Waals surface area contributed by atoms with Crippen LogP contribution in [-0.2, 0) is 0 Å². The third-order valence-corrected chi connectivity index (χ3v) is 3.34. The smallest absolute Gasteiger partial charge is 0.273 e. The lowest BCUT2D eigenvalue weighted by molar-refractivity contribution is -0.384. The molecule has 0 N–H and O–H groups in total. The number of ether oxygens (including phenoxy) is 1. The lowest BCUT2D eigenvalue weighted by atomic mass is 10.3. The predicted molar refractivity (Wildman–Crippen MR) is 78.9 cm³/mol. The fourth-order valence-electron chi connectivity index (χ4n) is 1.73. The van der Waals surface area contributed by atoms with Gasteiger partial charge in [-0.25, -0.2) is 9.97 Å². The number of aromatic nitrogens is 3. The number of nitrogens with zero attached hydrogens (tertiary/aromatic N) is 4. The highest BCUT2D eigenvalue weighted by Gasteiger charge is 2.15. The van der Waals surface area contributed by atoms with Gasteiger partial charge in [-0.2, -0.15) is 0 Å². The molecule has 0 radical (unpaired) electrons. The second-order valence-corrected chi connectivity index (χ2v) is 5.22. The Kier molecular flexibility index (Phi) is 3.48. The third-order valence-electron chi connectivity index (χ3n) is 2.65. The van der Waals surface area contributed by atoms with Gasteiger partial charge in [0.15, 0.2) is 5.75 Å². The summed E-state index contributed by atoms with van der Waals surface area (Å²) >= 11 is 9.26. The highest BCUT2D eigenvalue weighted by molar-refractivity contribution is 9.10. The molecule has 7 nitrogen and oxygen atoms in total. The molecule has 0 aliphatic rings. The summed E-state index contributed by atoms with van der Waals surface area (Å²) in [5.74, 6) is 0.332. The van der Waals surface area contributed by atoms with Gasteiger partial charge in [-0.3, -0.25) is 14.5 Å². The predicted octanol–water partition coefficient (Wildman–Crippen LogP) is 3.85. The van der Waals surface area contributed by atoms with E-state index in [9.17, 15) is 10.1 Å². The number of halogens is 2. The second kappa shape index (κ2) is 5.30. The SMILES string of the molecule is O=[N+]([O-])c1ccc(Cl)c(Oc2nc(Br)cn3ccnc23)c1. The van der Waals surface area contributed by atoms with Gasteiger partial charge in [0.05, 0.1) is 16.0 Å². The number of non-ortho nitro benzene ring substituents is 1. The minimum absolute atomic E-state index is 0.122. The van der Waals surface area contributed by atoms with Crippen molar-refractivity contribution in [2.24, 2.45) is 0 Å². The molecule has 0 atom stereocenters. The molecule has 2 heterocycles. The van der Waals surface area contributed by atoms with E-state index in [1.807, 2.05) is 0 Å².